The molecule has 0 aromatic carbocycles. The van der Waals surface area contributed by atoms with Gasteiger partial charge in [0.15, 0.2) is 0 Å². The van der Waals surface area contributed by atoms with Gasteiger partial charge in [-0.15, -0.1) is 0 Å². The zero-order chi connectivity index (χ0) is 8.43. The van der Waals surface area contributed by atoms with Crippen molar-refractivity contribution >= 4 is 0 Å². The quantitative estimate of drug-likeness (QED) is 0.377. The predicted octanol–water partition coefficient (Wildman–Crippen LogP) is -1.53. The van der Waals surface area contributed by atoms with Gasteiger partial charge in [0, 0.05) is 12.5 Å². The number of aliphatic hydroxyl groups is 4. The van der Waals surface area contributed by atoms with E-state index in [0.717, 1.165) is 0 Å². The van der Waals surface area contributed by atoms with Gasteiger partial charge in [-0.25, -0.2) is 0 Å². The Hall–Kier alpha value is -0.160. The Balaban J connectivity index is 2.52. The molecule has 11 heavy (non-hydrogen) atoms. The lowest BCUT2D eigenvalue weighted by atomic mass is 9.83. The molecule has 0 bridgehead atoms. The van der Waals surface area contributed by atoms with Crippen molar-refractivity contribution in [1.82, 2.24) is 0 Å². The van der Waals surface area contributed by atoms with Crippen LogP contribution >= 0.6 is 0 Å². The first-order valence-corrected chi connectivity index (χ1v) is 3.82. The molecule has 0 aromatic rings. The summed E-state index contributed by atoms with van der Waals surface area (Å²) in [7, 11) is 0. The molecule has 0 heterocycles. The van der Waals surface area contributed by atoms with E-state index in [-0.39, 0.29) is 12.5 Å². The van der Waals surface area contributed by atoms with E-state index in [1.165, 1.54) is 0 Å². The van der Waals surface area contributed by atoms with E-state index in [0.29, 0.717) is 12.8 Å². The molecule has 0 saturated heterocycles. The normalized spacial score (nSPS) is 45.8. The highest BCUT2D eigenvalue weighted by molar-refractivity contribution is 4.86. The number of rotatable bonds is 1. The average molecular weight is 162 g/mol. The summed E-state index contributed by atoms with van der Waals surface area (Å²) in [5, 5.41) is 36.2. The highest BCUT2D eigenvalue weighted by Gasteiger charge is 2.35. The van der Waals surface area contributed by atoms with E-state index in [9.17, 15) is 5.11 Å². The highest BCUT2D eigenvalue weighted by atomic mass is 16.4. The zero-order valence-electron chi connectivity index (χ0n) is 6.22. The van der Waals surface area contributed by atoms with E-state index in [1.54, 1.807) is 0 Å². The van der Waals surface area contributed by atoms with Gasteiger partial charge in [-0.05, 0) is 12.8 Å². The average Bonchev–Trinajstić information content (AvgIpc) is 2.01. The summed E-state index contributed by atoms with van der Waals surface area (Å²) < 4.78 is 0. The molecule has 0 aliphatic heterocycles. The monoisotopic (exact) mass is 162 g/mol. The van der Waals surface area contributed by atoms with Crippen molar-refractivity contribution < 1.29 is 20.4 Å². The van der Waals surface area contributed by atoms with Gasteiger partial charge in [0.2, 0.25) is 0 Å². The Labute approximate surface area is 65.1 Å². The Kier molecular flexibility index (Phi) is 2.84. The van der Waals surface area contributed by atoms with Crippen molar-refractivity contribution in [3.8, 4) is 0 Å². The lowest BCUT2D eigenvalue weighted by Crippen LogP contribution is -2.47. The molecule has 1 fully saturated rings. The predicted molar refractivity (Wildman–Crippen MR) is 37.8 cm³/mol. The van der Waals surface area contributed by atoms with Gasteiger partial charge in [-0.2, -0.15) is 0 Å². The Morgan fingerprint density at radius 1 is 1.00 bits per heavy atom. The fourth-order valence-electron chi connectivity index (χ4n) is 1.43. The van der Waals surface area contributed by atoms with E-state index < -0.39 is 18.3 Å². The van der Waals surface area contributed by atoms with Crippen LogP contribution in [0.1, 0.15) is 12.8 Å². The number of hydrogen-bond acceptors (Lipinski definition) is 4. The summed E-state index contributed by atoms with van der Waals surface area (Å²) in [5.41, 5.74) is 0. The first-order chi connectivity index (χ1) is 5.16. The van der Waals surface area contributed by atoms with Crippen molar-refractivity contribution in [2.24, 2.45) is 5.92 Å². The van der Waals surface area contributed by atoms with Gasteiger partial charge in [0.1, 0.15) is 6.10 Å². The fraction of sp³-hybridized carbons (Fsp3) is 1.00. The smallest absolute Gasteiger partial charge is 0.106 e. The molecule has 4 atom stereocenters. The summed E-state index contributed by atoms with van der Waals surface area (Å²) in [5.74, 6) is -0.284. The van der Waals surface area contributed by atoms with Crippen molar-refractivity contribution in [2.75, 3.05) is 6.61 Å². The lowest BCUT2D eigenvalue weighted by Gasteiger charge is -2.33. The molecule has 1 aliphatic rings. The van der Waals surface area contributed by atoms with Crippen LogP contribution in [0, 0.1) is 5.92 Å². The van der Waals surface area contributed by atoms with Gasteiger partial charge in [0.25, 0.3) is 0 Å². The van der Waals surface area contributed by atoms with Crippen LogP contribution in [0.4, 0.5) is 0 Å². The molecule has 0 spiro atoms. The summed E-state index contributed by atoms with van der Waals surface area (Å²) in [6.45, 7) is -0.134. The van der Waals surface area contributed by atoms with Crippen LogP contribution < -0.4 is 0 Å². The topological polar surface area (TPSA) is 80.9 Å². The molecule has 4 N–H and O–H groups in total. The molecule has 66 valence electrons. The first-order valence-electron chi connectivity index (χ1n) is 3.82. The highest BCUT2D eigenvalue weighted by Crippen LogP contribution is 2.24. The molecule has 1 aliphatic carbocycles. The second-order valence-corrected chi connectivity index (χ2v) is 3.07. The van der Waals surface area contributed by atoms with Crippen LogP contribution in [0.2, 0.25) is 0 Å². The van der Waals surface area contributed by atoms with Gasteiger partial charge in [0.05, 0.1) is 12.2 Å². The largest absolute Gasteiger partial charge is 0.396 e. The minimum Gasteiger partial charge on any atom is -0.396 e. The van der Waals surface area contributed by atoms with Crippen LogP contribution in [0.5, 0.6) is 0 Å². The van der Waals surface area contributed by atoms with Crippen LogP contribution in [0.25, 0.3) is 0 Å². The number of aliphatic hydroxyl groups excluding tert-OH is 4. The van der Waals surface area contributed by atoms with Gasteiger partial charge in [-0.3, -0.25) is 0 Å². The van der Waals surface area contributed by atoms with Gasteiger partial charge >= 0.3 is 0 Å². The maximum atomic E-state index is 9.24. The fourth-order valence-corrected chi connectivity index (χ4v) is 1.43. The molecule has 0 aromatic heterocycles. The van der Waals surface area contributed by atoms with Crippen molar-refractivity contribution in [2.45, 2.75) is 31.2 Å². The second kappa shape index (κ2) is 3.49. The van der Waals surface area contributed by atoms with Crippen LogP contribution in [0.3, 0.4) is 0 Å². The van der Waals surface area contributed by atoms with Crippen LogP contribution in [-0.4, -0.2) is 45.3 Å². The lowest BCUT2D eigenvalue weighted by molar-refractivity contribution is -0.118. The Bertz CT molecular complexity index is 126. The van der Waals surface area contributed by atoms with Gasteiger partial charge < -0.3 is 20.4 Å². The summed E-state index contributed by atoms with van der Waals surface area (Å²) in [6, 6.07) is 0. The molecule has 1 saturated carbocycles. The van der Waals surface area contributed by atoms with E-state index in [4.69, 9.17) is 15.3 Å². The summed E-state index contributed by atoms with van der Waals surface area (Å²) in [6.07, 6.45) is -1.91. The van der Waals surface area contributed by atoms with Crippen LogP contribution in [-0.2, 0) is 0 Å². The summed E-state index contributed by atoms with van der Waals surface area (Å²) in [4.78, 5) is 0. The number of hydrogen-bond donors (Lipinski definition) is 4. The molecule has 0 unspecified atom stereocenters. The molecule has 1 rings (SSSR count). The van der Waals surface area contributed by atoms with Crippen molar-refractivity contribution in [3.63, 3.8) is 0 Å². The Morgan fingerprint density at radius 2 is 1.64 bits per heavy atom. The van der Waals surface area contributed by atoms with E-state index in [2.05, 4.69) is 0 Å². The van der Waals surface area contributed by atoms with E-state index in [1.807, 2.05) is 0 Å². The van der Waals surface area contributed by atoms with Crippen LogP contribution in [0.15, 0.2) is 0 Å². The third kappa shape index (κ3) is 1.70. The van der Waals surface area contributed by atoms with Crippen molar-refractivity contribution in [3.05, 3.63) is 0 Å². The maximum Gasteiger partial charge on any atom is 0.106 e. The molecule has 0 radical (unpaired) electrons. The summed E-state index contributed by atoms with van der Waals surface area (Å²) >= 11 is 0. The molecular weight excluding hydrogens is 148 g/mol. The standard InChI is InChI=1S/C7H14O4/c8-3-4-1-2-5(9)7(11)6(4)10/h4-11H,1-3H2/t4-,5-,6+,7-/m1/s1. The SMILES string of the molecule is OC[C@H]1CC[C@@H](O)[C@@H](O)[C@H]1O. The second-order valence-electron chi connectivity index (χ2n) is 3.07. The van der Waals surface area contributed by atoms with Gasteiger partial charge in [-0.1, -0.05) is 0 Å². The maximum absolute atomic E-state index is 9.24. The first kappa shape index (κ1) is 8.93. The molecular formula is C7H14O4. The molecule has 4 nitrogen and oxygen atoms in total. The third-order valence-electron chi connectivity index (χ3n) is 2.29. The zero-order valence-corrected chi connectivity index (χ0v) is 6.22. The minimum absolute atomic E-state index is 0.134. The Morgan fingerprint density at radius 3 is 2.18 bits per heavy atom. The minimum atomic E-state index is -1.10. The third-order valence-corrected chi connectivity index (χ3v) is 2.29. The van der Waals surface area contributed by atoms with Crippen molar-refractivity contribution in [1.29, 1.82) is 0 Å². The van der Waals surface area contributed by atoms with E-state index >= 15 is 0 Å². The molecule has 0 amide bonds. The molecule has 4 heteroatoms.